The molecule has 0 aliphatic heterocycles. The van der Waals surface area contributed by atoms with Gasteiger partial charge in [-0.25, -0.2) is 0 Å². The average molecular weight is 304 g/mol. The Morgan fingerprint density at radius 1 is 1.36 bits per heavy atom. The van der Waals surface area contributed by atoms with Gasteiger partial charge in [-0.15, -0.1) is 0 Å². The van der Waals surface area contributed by atoms with Crippen molar-refractivity contribution < 1.29 is 14.7 Å². The second-order valence-electron chi connectivity index (χ2n) is 5.15. The molecule has 0 saturated carbocycles. The Labute approximate surface area is 131 Å². The van der Waals surface area contributed by atoms with Crippen LogP contribution in [0.2, 0.25) is 0 Å². The maximum atomic E-state index is 12.0. The van der Waals surface area contributed by atoms with E-state index in [-0.39, 0.29) is 24.5 Å². The number of unbranched alkanes of at least 4 members (excludes halogenated alkanes) is 1. The largest absolute Gasteiger partial charge is 0.394 e. The van der Waals surface area contributed by atoms with E-state index in [1.807, 2.05) is 24.3 Å². The summed E-state index contributed by atoms with van der Waals surface area (Å²) in [6, 6.07) is 7.01. The summed E-state index contributed by atoms with van der Waals surface area (Å²) in [6.45, 7) is 1.66. The first kappa shape index (κ1) is 17.9. The van der Waals surface area contributed by atoms with Crippen LogP contribution in [0.15, 0.2) is 30.3 Å². The lowest BCUT2D eigenvalue weighted by Crippen LogP contribution is -2.34. The lowest BCUT2D eigenvalue weighted by atomic mass is 10.1. The molecule has 2 amide bonds. The lowest BCUT2D eigenvalue weighted by Gasteiger charge is -2.10. The summed E-state index contributed by atoms with van der Waals surface area (Å²) in [7, 11) is 1.63. The van der Waals surface area contributed by atoms with Crippen LogP contribution in [0.3, 0.4) is 0 Å². The van der Waals surface area contributed by atoms with Gasteiger partial charge in [0.25, 0.3) is 5.91 Å². The predicted molar refractivity (Wildman–Crippen MR) is 87.4 cm³/mol. The third kappa shape index (κ3) is 6.54. The van der Waals surface area contributed by atoms with Crippen molar-refractivity contribution in [3.8, 4) is 0 Å². The molecule has 0 bridgehead atoms. The summed E-state index contributed by atoms with van der Waals surface area (Å²) >= 11 is 0. The Kier molecular flexibility index (Phi) is 7.92. The van der Waals surface area contributed by atoms with Crippen molar-refractivity contribution in [3.05, 3.63) is 41.5 Å². The molecule has 0 aliphatic rings. The lowest BCUT2D eigenvalue weighted by molar-refractivity contribution is -0.120. The summed E-state index contributed by atoms with van der Waals surface area (Å²) in [6.07, 6.45) is 6.06. The van der Waals surface area contributed by atoms with Crippen LogP contribution in [0.1, 0.15) is 42.1 Å². The highest BCUT2D eigenvalue weighted by molar-refractivity contribution is 5.94. The van der Waals surface area contributed by atoms with E-state index in [4.69, 9.17) is 5.11 Å². The van der Waals surface area contributed by atoms with Gasteiger partial charge in [0.1, 0.15) is 0 Å². The molecule has 1 aromatic carbocycles. The molecule has 1 atom stereocenters. The average Bonchev–Trinajstić information content (AvgIpc) is 2.54. The number of hydrogen-bond acceptors (Lipinski definition) is 3. The first-order valence-corrected chi connectivity index (χ1v) is 7.45. The molecule has 3 N–H and O–H groups in total. The second-order valence-corrected chi connectivity index (χ2v) is 5.15. The Hall–Kier alpha value is -2.14. The van der Waals surface area contributed by atoms with Crippen LogP contribution in [-0.4, -0.2) is 36.6 Å². The second kappa shape index (κ2) is 9.73. The van der Waals surface area contributed by atoms with E-state index < -0.39 is 0 Å². The number of aliphatic hydroxyl groups is 1. The van der Waals surface area contributed by atoms with E-state index in [0.717, 1.165) is 18.4 Å². The molecular weight excluding hydrogens is 280 g/mol. The number of rotatable bonds is 8. The first-order valence-electron chi connectivity index (χ1n) is 7.45. The summed E-state index contributed by atoms with van der Waals surface area (Å²) < 4.78 is 0. The standard InChI is InChI=1S/C17H24N2O3/c1-13(12-20)19-17(22)15-9-6-8-14(11-15)7-4-3-5-10-16(21)18-2/h4,6-9,11,13,20H,3,5,10,12H2,1-2H3,(H,18,21)(H,19,22). The van der Waals surface area contributed by atoms with Gasteiger partial charge < -0.3 is 15.7 Å². The number of hydrogen-bond donors (Lipinski definition) is 3. The molecule has 0 heterocycles. The molecule has 1 rings (SSSR count). The number of nitrogens with one attached hydrogen (secondary N) is 2. The van der Waals surface area contributed by atoms with Crippen LogP contribution in [0, 0.1) is 0 Å². The van der Waals surface area contributed by atoms with Gasteiger partial charge in [-0.2, -0.15) is 0 Å². The number of carbonyl (C=O) groups is 2. The quantitative estimate of drug-likeness (QED) is 0.640. The van der Waals surface area contributed by atoms with E-state index in [1.54, 1.807) is 26.1 Å². The highest BCUT2D eigenvalue weighted by atomic mass is 16.3. The van der Waals surface area contributed by atoms with Crippen LogP contribution in [0.5, 0.6) is 0 Å². The molecule has 0 saturated heterocycles. The molecule has 5 nitrogen and oxygen atoms in total. The maximum absolute atomic E-state index is 12.0. The Balaban J connectivity index is 2.53. The SMILES string of the molecule is CNC(=O)CCCC=Cc1cccc(C(=O)NC(C)CO)c1. The topological polar surface area (TPSA) is 78.4 Å². The van der Waals surface area contributed by atoms with E-state index in [9.17, 15) is 9.59 Å². The maximum Gasteiger partial charge on any atom is 0.251 e. The van der Waals surface area contributed by atoms with Crippen molar-refractivity contribution in [2.75, 3.05) is 13.7 Å². The van der Waals surface area contributed by atoms with E-state index in [1.165, 1.54) is 0 Å². The van der Waals surface area contributed by atoms with Crippen molar-refractivity contribution in [1.82, 2.24) is 10.6 Å². The van der Waals surface area contributed by atoms with Crippen molar-refractivity contribution in [2.24, 2.45) is 0 Å². The third-order valence-electron chi connectivity index (χ3n) is 3.16. The molecule has 1 unspecified atom stereocenters. The molecule has 0 aromatic heterocycles. The molecule has 22 heavy (non-hydrogen) atoms. The monoisotopic (exact) mass is 304 g/mol. The first-order chi connectivity index (χ1) is 10.6. The molecule has 0 aliphatic carbocycles. The van der Waals surface area contributed by atoms with Crippen LogP contribution >= 0.6 is 0 Å². The van der Waals surface area contributed by atoms with Gasteiger partial charge >= 0.3 is 0 Å². The summed E-state index contributed by atoms with van der Waals surface area (Å²) in [4.78, 5) is 23.0. The van der Waals surface area contributed by atoms with Crippen LogP contribution in [0.4, 0.5) is 0 Å². The predicted octanol–water partition coefficient (Wildman–Crippen LogP) is 1.73. The Morgan fingerprint density at radius 3 is 2.82 bits per heavy atom. The molecule has 5 heteroatoms. The van der Waals surface area contributed by atoms with Gasteiger partial charge in [-0.1, -0.05) is 24.3 Å². The van der Waals surface area contributed by atoms with Crippen LogP contribution < -0.4 is 10.6 Å². The molecule has 1 aromatic rings. The number of allylic oxidation sites excluding steroid dienone is 1. The zero-order chi connectivity index (χ0) is 16.4. The van der Waals surface area contributed by atoms with Gasteiger partial charge in [0.05, 0.1) is 6.61 Å². The summed E-state index contributed by atoms with van der Waals surface area (Å²) in [5.74, 6) is -0.151. The van der Waals surface area contributed by atoms with Crippen molar-refractivity contribution in [1.29, 1.82) is 0 Å². The summed E-state index contributed by atoms with van der Waals surface area (Å²) in [5.41, 5.74) is 1.50. The number of aliphatic hydroxyl groups excluding tert-OH is 1. The van der Waals surface area contributed by atoms with Crippen molar-refractivity contribution >= 4 is 17.9 Å². The fourth-order valence-electron chi connectivity index (χ4n) is 1.86. The fraction of sp³-hybridized carbons (Fsp3) is 0.412. The number of benzene rings is 1. The molecular formula is C17H24N2O3. The third-order valence-corrected chi connectivity index (χ3v) is 3.16. The summed E-state index contributed by atoms with van der Waals surface area (Å²) in [5, 5.41) is 14.3. The minimum atomic E-state index is -0.267. The molecule has 0 spiro atoms. The highest BCUT2D eigenvalue weighted by Gasteiger charge is 2.08. The van der Waals surface area contributed by atoms with Gasteiger partial charge in [0.15, 0.2) is 0 Å². The van der Waals surface area contributed by atoms with Gasteiger partial charge in [0, 0.05) is 25.1 Å². The minimum absolute atomic E-state index is 0.0464. The van der Waals surface area contributed by atoms with Crippen molar-refractivity contribution in [2.45, 2.75) is 32.2 Å². The van der Waals surface area contributed by atoms with Gasteiger partial charge in [0.2, 0.25) is 5.91 Å². The minimum Gasteiger partial charge on any atom is -0.394 e. The zero-order valence-corrected chi connectivity index (χ0v) is 13.1. The molecule has 0 fully saturated rings. The zero-order valence-electron chi connectivity index (χ0n) is 13.1. The van der Waals surface area contributed by atoms with Crippen molar-refractivity contribution in [3.63, 3.8) is 0 Å². The highest BCUT2D eigenvalue weighted by Crippen LogP contribution is 2.09. The fourth-order valence-corrected chi connectivity index (χ4v) is 1.86. The van der Waals surface area contributed by atoms with Crippen LogP contribution in [0.25, 0.3) is 6.08 Å². The number of carbonyl (C=O) groups excluding carboxylic acids is 2. The normalized spacial score (nSPS) is 12.1. The Morgan fingerprint density at radius 2 is 2.14 bits per heavy atom. The van der Waals surface area contributed by atoms with Gasteiger partial charge in [-0.3, -0.25) is 9.59 Å². The Bertz CT molecular complexity index is 526. The van der Waals surface area contributed by atoms with E-state index >= 15 is 0 Å². The van der Waals surface area contributed by atoms with E-state index in [2.05, 4.69) is 10.6 Å². The molecule has 0 radical (unpaired) electrons. The number of amides is 2. The smallest absolute Gasteiger partial charge is 0.251 e. The van der Waals surface area contributed by atoms with Crippen LogP contribution in [-0.2, 0) is 4.79 Å². The molecule has 120 valence electrons. The van der Waals surface area contributed by atoms with E-state index in [0.29, 0.717) is 12.0 Å². The van der Waals surface area contributed by atoms with Gasteiger partial charge in [-0.05, 0) is 37.5 Å².